The number of rotatable bonds is 1. The minimum atomic E-state index is -0.639. The lowest BCUT2D eigenvalue weighted by Crippen LogP contribution is -2.30. The maximum Gasteiger partial charge on any atom is 0.378 e. The molecule has 3 aromatic heterocycles. The van der Waals surface area contributed by atoms with Gasteiger partial charge in [0.25, 0.3) is 5.82 Å². The number of esters is 1. The van der Waals surface area contributed by atoms with Gasteiger partial charge in [0.15, 0.2) is 11.6 Å². The maximum atomic E-state index is 13.2. The summed E-state index contributed by atoms with van der Waals surface area (Å²) in [6.45, 7) is 8.19. The van der Waals surface area contributed by atoms with Gasteiger partial charge in [-0.15, -0.1) is 5.10 Å². The van der Waals surface area contributed by atoms with Crippen molar-refractivity contribution in [1.29, 1.82) is 0 Å². The van der Waals surface area contributed by atoms with Crippen molar-refractivity contribution in [2.24, 2.45) is 10.8 Å². The molecule has 2 aliphatic rings. The van der Waals surface area contributed by atoms with Gasteiger partial charge in [-0.3, -0.25) is 14.0 Å². The Balaban J connectivity index is 1.95. The molecule has 8 nitrogen and oxygen atoms in total. The zero-order valence-corrected chi connectivity index (χ0v) is 17.8. The Kier molecular flexibility index (Phi) is 3.65. The molecule has 0 aromatic carbocycles. The van der Waals surface area contributed by atoms with E-state index >= 15 is 0 Å². The fourth-order valence-electron chi connectivity index (χ4n) is 4.99. The fraction of sp³-hybridized carbons (Fsp3) is 0.500. The van der Waals surface area contributed by atoms with Gasteiger partial charge in [0.2, 0.25) is 5.78 Å². The molecule has 156 valence electrons. The predicted molar refractivity (Wildman–Crippen MR) is 108 cm³/mol. The first-order valence-corrected chi connectivity index (χ1v) is 10.1. The molecule has 5 rings (SSSR count). The number of aromatic nitrogens is 4. The van der Waals surface area contributed by atoms with Crippen LogP contribution in [0, 0.1) is 10.8 Å². The van der Waals surface area contributed by atoms with Crippen molar-refractivity contribution in [3.8, 4) is 0 Å². The number of carbonyl (C=O) groups excluding carboxylic acids is 3. The second kappa shape index (κ2) is 5.77. The summed E-state index contributed by atoms with van der Waals surface area (Å²) in [6, 6.07) is 1.83. The van der Waals surface area contributed by atoms with E-state index in [1.165, 1.54) is 7.11 Å². The van der Waals surface area contributed by atoms with E-state index in [0.29, 0.717) is 48.1 Å². The van der Waals surface area contributed by atoms with E-state index in [1.54, 1.807) is 4.52 Å². The third kappa shape index (κ3) is 2.55. The van der Waals surface area contributed by atoms with Crippen LogP contribution in [0.15, 0.2) is 6.07 Å². The molecule has 0 unspecified atom stereocenters. The number of ketones is 2. The van der Waals surface area contributed by atoms with Gasteiger partial charge >= 0.3 is 5.97 Å². The lowest BCUT2D eigenvalue weighted by Gasteiger charge is -2.31. The number of Topliss-reactive ketones (excluding diaryl/α,β-unsaturated/α-hetero) is 2. The molecule has 30 heavy (non-hydrogen) atoms. The Morgan fingerprint density at radius 1 is 1.00 bits per heavy atom. The van der Waals surface area contributed by atoms with Crippen LogP contribution in [0.5, 0.6) is 0 Å². The molecule has 2 aliphatic carbocycles. The highest BCUT2D eigenvalue weighted by molar-refractivity contribution is 6.08. The van der Waals surface area contributed by atoms with Crippen molar-refractivity contribution >= 4 is 28.8 Å². The van der Waals surface area contributed by atoms with Crippen LogP contribution in [-0.4, -0.2) is 43.6 Å². The summed E-state index contributed by atoms with van der Waals surface area (Å²) in [5, 5.41) is 4.40. The summed E-state index contributed by atoms with van der Waals surface area (Å²) in [5.41, 5.74) is 2.98. The summed E-state index contributed by atoms with van der Waals surface area (Å²) >= 11 is 0. The Morgan fingerprint density at radius 3 is 2.30 bits per heavy atom. The van der Waals surface area contributed by atoms with Crippen LogP contribution in [0.3, 0.4) is 0 Å². The van der Waals surface area contributed by atoms with Crippen LogP contribution >= 0.6 is 0 Å². The predicted octanol–water partition coefficient (Wildman–Crippen LogP) is 3.08. The average molecular weight is 408 g/mol. The minimum absolute atomic E-state index is 0.0184. The standard InChI is InChI=1S/C22H24N4O4/c1-21(2)7-13-11(15(27)9-21)6-12-17-14(8-22(3,4)10-16(17)28)26-20(25(12)13)23-18(24-26)19(29)30-5/h6H,7-10H2,1-5H3. The summed E-state index contributed by atoms with van der Waals surface area (Å²) in [7, 11) is 1.28. The number of methoxy groups -OCH3 is 1. The number of hydrogen-bond donors (Lipinski definition) is 0. The summed E-state index contributed by atoms with van der Waals surface area (Å²) in [5.74, 6) is -0.189. The van der Waals surface area contributed by atoms with Gasteiger partial charge in [-0.05, 0) is 29.7 Å². The molecular formula is C22H24N4O4. The van der Waals surface area contributed by atoms with Crippen molar-refractivity contribution in [2.75, 3.05) is 7.11 Å². The zero-order chi connectivity index (χ0) is 21.6. The highest BCUT2D eigenvalue weighted by Crippen LogP contribution is 2.41. The summed E-state index contributed by atoms with van der Waals surface area (Å²) < 4.78 is 8.27. The van der Waals surface area contributed by atoms with E-state index in [-0.39, 0.29) is 28.2 Å². The molecule has 0 saturated heterocycles. The van der Waals surface area contributed by atoms with Gasteiger partial charge in [-0.1, -0.05) is 27.7 Å². The molecule has 0 amide bonds. The van der Waals surface area contributed by atoms with Crippen molar-refractivity contribution in [2.45, 2.75) is 53.4 Å². The minimum Gasteiger partial charge on any atom is -0.463 e. The lowest BCUT2D eigenvalue weighted by atomic mass is 9.75. The van der Waals surface area contributed by atoms with Gasteiger partial charge in [0.1, 0.15) is 0 Å². The van der Waals surface area contributed by atoms with Crippen LogP contribution in [0.1, 0.15) is 83.3 Å². The first-order valence-electron chi connectivity index (χ1n) is 10.1. The highest BCUT2D eigenvalue weighted by Gasteiger charge is 2.39. The normalized spacial score (nSPS) is 19.8. The average Bonchev–Trinajstić information content (AvgIpc) is 3.21. The number of carbonyl (C=O) groups is 3. The molecule has 0 bridgehead atoms. The van der Waals surface area contributed by atoms with Gasteiger partial charge < -0.3 is 4.74 Å². The number of ether oxygens (including phenoxy) is 1. The fourth-order valence-corrected chi connectivity index (χ4v) is 4.99. The van der Waals surface area contributed by atoms with E-state index in [1.807, 2.05) is 24.3 Å². The van der Waals surface area contributed by atoms with Gasteiger partial charge in [0, 0.05) is 24.1 Å². The molecule has 0 atom stereocenters. The van der Waals surface area contributed by atoms with Crippen LogP contribution in [0.25, 0.3) is 11.3 Å². The van der Waals surface area contributed by atoms with Crippen molar-refractivity contribution in [3.05, 3.63) is 34.4 Å². The first kappa shape index (κ1) is 19.0. The first-order chi connectivity index (χ1) is 14.0. The highest BCUT2D eigenvalue weighted by atomic mass is 16.5. The van der Waals surface area contributed by atoms with Crippen molar-refractivity contribution in [3.63, 3.8) is 0 Å². The van der Waals surface area contributed by atoms with Crippen LogP contribution < -0.4 is 0 Å². The van der Waals surface area contributed by atoms with Crippen LogP contribution in [-0.2, 0) is 17.6 Å². The molecule has 0 spiro atoms. The van der Waals surface area contributed by atoms with E-state index in [9.17, 15) is 14.4 Å². The second-order valence-electron chi connectivity index (χ2n) is 10.1. The van der Waals surface area contributed by atoms with E-state index < -0.39 is 5.97 Å². The molecule has 0 N–H and O–H groups in total. The van der Waals surface area contributed by atoms with Gasteiger partial charge in [0.05, 0.1) is 23.9 Å². The third-order valence-corrected chi connectivity index (χ3v) is 6.21. The largest absolute Gasteiger partial charge is 0.463 e. The molecular weight excluding hydrogens is 384 g/mol. The number of fused-ring (bicyclic) bond motifs is 8. The summed E-state index contributed by atoms with van der Waals surface area (Å²) in [4.78, 5) is 42.8. The van der Waals surface area contributed by atoms with Crippen LogP contribution in [0.4, 0.5) is 0 Å². The van der Waals surface area contributed by atoms with Gasteiger partial charge in [-0.25, -0.2) is 9.31 Å². The van der Waals surface area contributed by atoms with Crippen LogP contribution in [0.2, 0.25) is 0 Å². The molecule has 0 fully saturated rings. The molecule has 0 radical (unpaired) electrons. The van der Waals surface area contributed by atoms with Crippen molar-refractivity contribution < 1.29 is 19.1 Å². The Labute approximate surface area is 173 Å². The SMILES string of the molecule is COC(=O)c1nc2n(n1)c1c(c3cc4c(n32)CC(C)(C)CC4=O)C(=O)CC(C)(C)C1. The van der Waals surface area contributed by atoms with E-state index in [0.717, 1.165) is 11.4 Å². The molecule has 8 heteroatoms. The zero-order valence-electron chi connectivity index (χ0n) is 17.8. The van der Waals surface area contributed by atoms with Gasteiger partial charge in [-0.2, -0.15) is 4.98 Å². The number of hydrogen-bond acceptors (Lipinski definition) is 6. The Hall–Kier alpha value is -3.03. The third-order valence-electron chi connectivity index (χ3n) is 6.21. The Bertz CT molecular complexity index is 1290. The van der Waals surface area contributed by atoms with E-state index in [2.05, 4.69) is 23.9 Å². The van der Waals surface area contributed by atoms with E-state index in [4.69, 9.17) is 4.74 Å². The quantitative estimate of drug-likeness (QED) is 0.574. The number of nitrogens with zero attached hydrogens (tertiary/aromatic N) is 4. The Morgan fingerprint density at radius 2 is 1.63 bits per heavy atom. The summed E-state index contributed by atoms with van der Waals surface area (Å²) in [6.07, 6.45) is 2.14. The smallest absolute Gasteiger partial charge is 0.378 e. The topological polar surface area (TPSA) is 95.0 Å². The monoisotopic (exact) mass is 408 g/mol. The molecule has 3 aromatic rings. The molecule has 3 heterocycles. The lowest BCUT2D eigenvalue weighted by molar-refractivity contribution is 0.0586. The molecule has 0 aliphatic heterocycles. The molecule has 0 saturated carbocycles. The maximum absolute atomic E-state index is 13.2. The van der Waals surface area contributed by atoms with Crippen molar-refractivity contribution in [1.82, 2.24) is 19.0 Å². The second-order valence-corrected chi connectivity index (χ2v) is 10.1.